The molecule has 4 heterocycles. The molecule has 3 aromatic carbocycles. The molecule has 0 radical (unpaired) electrons. The first-order chi connectivity index (χ1) is 31.9. The van der Waals surface area contributed by atoms with Gasteiger partial charge in [0.1, 0.15) is 41.9 Å². The molecule has 7 aromatic rings. The number of halogens is 9. The second-order valence-electron chi connectivity index (χ2n) is 16.3. The summed E-state index contributed by atoms with van der Waals surface area (Å²) >= 11 is 6.57. The van der Waals surface area contributed by atoms with E-state index in [1.807, 2.05) is 0 Å². The summed E-state index contributed by atoms with van der Waals surface area (Å²) in [7, 11) is -8.09. The predicted octanol–water partition coefficient (Wildman–Crippen LogP) is 7.21. The smallest absolute Gasteiger partial charge is 0.293 e. The molecule has 1 saturated carbocycles. The summed E-state index contributed by atoms with van der Waals surface area (Å²) in [5.74, 6) is -10.3. The van der Waals surface area contributed by atoms with Crippen LogP contribution in [0.5, 0.6) is 0 Å². The highest BCUT2D eigenvalue weighted by atomic mass is 35.5. The molecule has 0 saturated heterocycles. The van der Waals surface area contributed by atoms with Crippen LogP contribution in [0.2, 0.25) is 5.02 Å². The number of benzene rings is 3. The number of nitrogens with zero attached hydrogens (tertiary/aromatic N) is 7. The number of hydrogen-bond donors (Lipinski definition) is 2. The lowest BCUT2D eigenvalue weighted by atomic mass is 10.0. The van der Waals surface area contributed by atoms with Gasteiger partial charge >= 0.3 is 0 Å². The normalized spacial score (nSPS) is 17.0. The summed E-state index contributed by atoms with van der Waals surface area (Å²) in [6, 6.07) is 9.29. The maximum Gasteiger partial charge on any atom is 0.293 e. The molecule has 1 fully saturated rings. The molecule has 68 heavy (non-hydrogen) atoms. The number of sulfonamides is 1. The van der Waals surface area contributed by atoms with Crippen molar-refractivity contribution >= 4 is 65.0 Å². The predicted molar refractivity (Wildman–Crippen MR) is 229 cm³/mol. The molecular weight excluding hydrogens is 978 g/mol. The van der Waals surface area contributed by atoms with Gasteiger partial charge in [-0.2, -0.15) is 19.0 Å². The van der Waals surface area contributed by atoms with Gasteiger partial charge in [-0.05, 0) is 66.4 Å². The number of sulfone groups is 1. The van der Waals surface area contributed by atoms with E-state index in [0.29, 0.717) is 15.4 Å². The SMILES string of the molecule is CS(=O)(=O)Nc1nn(CC(F)F)c2c(-n3c([C@H](Cc4cc(F)cc(F)c4)NC(=O)Cn4nc(C(F)F)c5c4C(F)(F)[C@@H]4C[C@H]54)nc4cc(-c5ncccc5S(C)(=O)=O)ccc4c3=O)ccc(Cl)c12. The monoisotopic (exact) mass is 1010 g/mol. The van der Waals surface area contributed by atoms with Crippen molar-refractivity contribution in [2.75, 3.05) is 17.2 Å². The quantitative estimate of drug-likeness (QED) is 0.105. The minimum Gasteiger partial charge on any atom is -0.344 e. The zero-order valence-corrected chi connectivity index (χ0v) is 37.3. The van der Waals surface area contributed by atoms with Crippen LogP contribution in [0.1, 0.15) is 53.1 Å². The summed E-state index contributed by atoms with van der Waals surface area (Å²) < 4.78 is 172. The van der Waals surface area contributed by atoms with Gasteiger partial charge in [-0.3, -0.25) is 33.2 Å². The zero-order valence-electron chi connectivity index (χ0n) is 34.9. The number of aromatic nitrogens is 7. The third-order valence-electron chi connectivity index (χ3n) is 11.5. The molecule has 9 rings (SSSR count). The Bertz CT molecular complexity index is 3530. The number of rotatable bonds is 14. The lowest BCUT2D eigenvalue weighted by molar-refractivity contribution is -0.123. The van der Waals surface area contributed by atoms with Crippen LogP contribution >= 0.6 is 11.6 Å². The molecular formula is C42H32ClF8N9O6S2. The van der Waals surface area contributed by atoms with Crippen LogP contribution in [-0.2, 0) is 50.1 Å². The van der Waals surface area contributed by atoms with Crippen molar-refractivity contribution in [3.05, 3.63) is 122 Å². The van der Waals surface area contributed by atoms with Crippen LogP contribution in [0.3, 0.4) is 0 Å². The number of hydrogen-bond acceptors (Lipinski definition) is 10. The van der Waals surface area contributed by atoms with Crippen molar-refractivity contribution in [1.29, 1.82) is 0 Å². The number of fused-ring (bicyclic) bond motifs is 5. The molecule has 1 amide bonds. The number of nitrogens with one attached hydrogen (secondary N) is 2. The summed E-state index contributed by atoms with van der Waals surface area (Å²) in [4.78, 5) is 38.1. The number of amides is 1. The van der Waals surface area contributed by atoms with E-state index in [4.69, 9.17) is 16.6 Å². The van der Waals surface area contributed by atoms with E-state index in [2.05, 4.69) is 25.2 Å². The summed E-state index contributed by atoms with van der Waals surface area (Å²) in [5.41, 5.74) is -4.36. The average Bonchev–Trinajstić information content (AvgIpc) is 3.76. The van der Waals surface area contributed by atoms with Gasteiger partial charge in [0.25, 0.3) is 24.3 Å². The van der Waals surface area contributed by atoms with Crippen LogP contribution in [-0.4, -0.2) is 75.8 Å². The highest BCUT2D eigenvalue weighted by Gasteiger charge is 2.67. The van der Waals surface area contributed by atoms with E-state index in [9.17, 15) is 48.0 Å². The van der Waals surface area contributed by atoms with Gasteiger partial charge in [0.05, 0.1) is 55.4 Å². The maximum atomic E-state index is 15.6. The second-order valence-corrected chi connectivity index (χ2v) is 20.5. The fourth-order valence-electron chi connectivity index (χ4n) is 8.80. The molecule has 0 spiro atoms. The first-order valence-corrected chi connectivity index (χ1v) is 24.3. The fourth-order valence-corrected chi connectivity index (χ4v) is 10.4. The minimum atomic E-state index is -4.17. The maximum absolute atomic E-state index is 15.6. The molecule has 356 valence electrons. The Balaban J connectivity index is 1.30. The minimum absolute atomic E-state index is 0.0740. The van der Waals surface area contributed by atoms with Crippen molar-refractivity contribution < 1.29 is 56.8 Å². The molecule has 0 aliphatic heterocycles. The van der Waals surface area contributed by atoms with E-state index < -0.39 is 122 Å². The van der Waals surface area contributed by atoms with Crippen molar-refractivity contribution in [1.82, 2.24) is 39.4 Å². The van der Waals surface area contributed by atoms with Crippen LogP contribution in [0, 0.1) is 17.6 Å². The highest BCUT2D eigenvalue weighted by Crippen LogP contribution is 2.68. The Labute approximate surface area is 383 Å². The molecule has 2 aliphatic carbocycles. The van der Waals surface area contributed by atoms with Crippen LogP contribution in [0.25, 0.3) is 38.8 Å². The zero-order chi connectivity index (χ0) is 48.9. The van der Waals surface area contributed by atoms with Crippen molar-refractivity contribution in [2.24, 2.45) is 5.92 Å². The Morgan fingerprint density at radius 3 is 2.34 bits per heavy atom. The largest absolute Gasteiger partial charge is 0.344 e. The van der Waals surface area contributed by atoms with E-state index in [-0.39, 0.29) is 66.2 Å². The Morgan fingerprint density at radius 2 is 1.68 bits per heavy atom. The van der Waals surface area contributed by atoms with E-state index in [0.717, 1.165) is 41.3 Å². The molecule has 15 nitrogen and oxygen atoms in total. The van der Waals surface area contributed by atoms with E-state index in [1.54, 1.807) is 0 Å². The van der Waals surface area contributed by atoms with Gasteiger partial charge in [0.2, 0.25) is 15.9 Å². The van der Waals surface area contributed by atoms with Gasteiger partial charge in [-0.15, -0.1) is 0 Å². The van der Waals surface area contributed by atoms with Gasteiger partial charge < -0.3 is 5.32 Å². The standard InChI is InChI=1S/C42H32ClF8N9O6S2/c1-67(63,64)29-4-3-9-52-34(29)19-5-6-22-26(13-19)54-40(60(41(22)62)28-8-7-25(43)33-36(28)58(16-30(46)47)56-39(33)57-68(2,65)66)27(12-18-10-20(44)14-21(45)11-18)53-31(61)17-59-37-32(35(55-59)38(48)49)23-15-24(23)42(37,50)51/h3-11,13-14,23-24,27,30,38H,12,15-17H2,1-2H3,(H,53,61)(H,56,57)/t23-,24+,27-/m0/s1. The van der Waals surface area contributed by atoms with Crippen LogP contribution in [0.15, 0.2) is 76.6 Å². The Hall–Kier alpha value is -6.47. The Morgan fingerprint density at radius 1 is 0.956 bits per heavy atom. The molecule has 2 N–H and O–H groups in total. The lowest BCUT2D eigenvalue weighted by Gasteiger charge is -2.24. The molecule has 0 bridgehead atoms. The molecule has 3 atom stereocenters. The molecule has 0 unspecified atom stereocenters. The molecule has 4 aromatic heterocycles. The lowest BCUT2D eigenvalue weighted by Crippen LogP contribution is -2.38. The van der Waals surface area contributed by atoms with Crippen molar-refractivity contribution in [3.63, 3.8) is 0 Å². The second kappa shape index (κ2) is 16.6. The highest BCUT2D eigenvalue weighted by molar-refractivity contribution is 7.92. The Kier molecular flexibility index (Phi) is 11.4. The molecule has 26 heteroatoms. The van der Waals surface area contributed by atoms with Crippen molar-refractivity contribution in [3.8, 4) is 16.9 Å². The third-order valence-corrected chi connectivity index (χ3v) is 13.5. The number of carbonyl (C=O) groups is 1. The summed E-state index contributed by atoms with van der Waals surface area (Å²) in [5, 5.41) is 9.48. The van der Waals surface area contributed by atoms with Gasteiger partial charge in [-0.25, -0.2) is 48.2 Å². The summed E-state index contributed by atoms with van der Waals surface area (Å²) in [6.45, 7) is -2.33. The van der Waals surface area contributed by atoms with Crippen LogP contribution in [0.4, 0.5) is 40.9 Å². The number of pyridine rings is 1. The first-order valence-electron chi connectivity index (χ1n) is 20.1. The third kappa shape index (κ3) is 8.43. The van der Waals surface area contributed by atoms with Gasteiger partial charge in [-0.1, -0.05) is 17.7 Å². The van der Waals surface area contributed by atoms with Crippen LogP contribution < -0.4 is 15.6 Å². The fraction of sp³-hybridized carbons (Fsp3) is 0.286. The van der Waals surface area contributed by atoms with Gasteiger partial charge in [0, 0.05) is 42.0 Å². The topological polar surface area (TPSA) is 193 Å². The van der Waals surface area contributed by atoms with Crippen molar-refractivity contribution in [2.45, 2.75) is 61.6 Å². The van der Waals surface area contributed by atoms with E-state index in [1.165, 1.54) is 36.5 Å². The van der Waals surface area contributed by atoms with E-state index >= 15 is 13.6 Å². The summed E-state index contributed by atoms with van der Waals surface area (Å²) in [6.07, 6.45) is -4.20. The average molecular weight is 1010 g/mol. The number of carbonyl (C=O) groups excluding carboxylic acids is 1. The van der Waals surface area contributed by atoms with Gasteiger partial charge in [0.15, 0.2) is 15.7 Å². The number of alkyl halides is 6. The number of anilines is 1. The molecule has 2 aliphatic rings. The first kappa shape index (κ1) is 46.6.